The van der Waals surface area contributed by atoms with Crippen molar-refractivity contribution in [3.63, 3.8) is 0 Å². The van der Waals surface area contributed by atoms with Gasteiger partial charge >= 0.3 is 11.9 Å². The third-order valence-corrected chi connectivity index (χ3v) is 7.75. The lowest BCUT2D eigenvalue weighted by Gasteiger charge is -2.16. The van der Waals surface area contributed by atoms with Crippen molar-refractivity contribution in [2.24, 2.45) is 0 Å². The van der Waals surface area contributed by atoms with Gasteiger partial charge in [0.1, 0.15) is 10.6 Å². The minimum Gasteiger partial charge on any atom is -0.481 e. The van der Waals surface area contributed by atoms with Crippen molar-refractivity contribution in [1.29, 1.82) is 0 Å². The summed E-state index contributed by atoms with van der Waals surface area (Å²) in [6, 6.07) is 14.8. The Balaban J connectivity index is 1.76. The van der Waals surface area contributed by atoms with Crippen LogP contribution >= 0.6 is 23.1 Å². The van der Waals surface area contributed by atoms with Gasteiger partial charge in [-0.25, -0.2) is 4.79 Å². The fraction of sp³-hybridized carbons (Fsp3) is 0.286. The number of nitrogens with one attached hydrogen (secondary N) is 2. The largest absolute Gasteiger partial charge is 0.481 e. The summed E-state index contributed by atoms with van der Waals surface area (Å²) in [5, 5.41) is 16.2. The molecule has 0 spiro atoms. The van der Waals surface area contributed by atoms with Crippen molar-refractivity contribution in [1.82, 2.24) is 0 Å². The Morgan fingerprint density at radius 2 is 1.76 bits per heavy atom. The lowest BCUT2D eigenvalue weighted by Crippen LogP contribution is -2.25. The molecule has 0 aliphatic rings. The van der Waals surface area contributed by atoms with Gasteiger partial charge in [-0.3, -0.25) is 14.4 Å². The van der Waals surface area contributed by atoms with Crippen molar-refractivity contribution in [3.8, 4) is 11.1 Å². The van der Waals surface area contributed by atoms with Gasteiger partial charge in [-0.05, 0) is 44.0 Å². The molecule has 2 aromatic carbocycles. The lowest BCUT2D eigenvalue weighted by atomic mass is 10.0. The van der Waals surface area contributed by atoms with E-state index in [0.29, 0.717) is 28.2 Å². The third-order valence-electron chi connectivity index (χ3n) is 5.50. The molecule has 3 rings (SSSR count). The van der Waals surface area contributed by atoms with Gasteiger partial charge in [-0.15, -0.1) is 23.1 Å². The molecule has 0 radical (unpaired) electrons. The molecule has 2 amide bonds. The topological polar surface area (TPSA) is 122 Å². The van der Waals surface area contributed by atoms with Crippen LogP contribution < -0.4 is 10.6 Å². The number of hydrogen-bond donors (Lipinski definition) is 3. The number of hydrogen-bond acceptors (Lipinski definition) is 7. The van der Waals surface area contributed by atoms with E-state index in [9.17, 15) is 19.2 Å². The molecule has 0 fully saturated rings. The number of esters is 1. The highest BCUT2D eigenvalue weighted by atomic mass is 32.2. The second-order valence-corrected chi connectivity index (χ2v) is 10.6. The van der Waals surface area contributed by atoms with Crippen LogP contribution in [0.5, 0.6) is 0 Å². The third kappa shape index (κ3) is 7.93. The van der Waals surface area contributed by atoms with Gasteiger partial charge in [-0.1, -0.05) is 42.8 Å². The van der Waals surface area contributed by atoms with E-state index in [2.05, 4.69) is 10.6 Å². The van der Waals surface area contributed by atoms with Crippen molar-refractivity contribution < 1.29 is 29.0 Å². The van der Waals surface area contributed by atoms with Crippen LogP contribution in [0, 0.1) is 6.92 Å². The molecule has 1 heterocycles. The highest BCUT2D eigenvalue weighted by molar-refractivity contribution is 8.00. The molecule has 3 N–H and O–H groups in total. The minimum atomic E-state index is -1.04. The van der Waals surface area contributed by atoms with Crippen LogP contribution in [0.3, 0.4) is 0 Å². The van der Waals surface area contributed by atoms with E-state index in [4.69, 9.17) is 9.84 Å². The molecule has 1 aromatic heterocycles. The number of anilines is 2. The van der Waals surface area contributed by atoms with Crippen LogP contribution in [0.25, 0.3) is 11.1 Å². The van der Waals surface area contributed by atoms with Crippen LogP contribution in [0.2, 0.25) is 0 Å². The maximum Gasteiger partial charge on any atom is 0.341 e. The van der Waals surface area contributed by atoms with Gasteiger partial charge in [0.25, 0.3) is 0 Å². The SMILES string of the molecule is CCOC(=O)c1c(-c2ccc(C)cc2)csc1NC(=O)C(CC)Sc1cccc(NC(=O)CCC(=O)O)c1. The monoisotopic (exact) mass is 554 g/mol. The Hall–Kier alpha value is -3.63. The van der Waals surface area contributed by atoms with E-state index in [-0.39, 0.29) is 25.4 Å². The first kappa shape index (κ1) is 28.9. The molecule has 8 nitrogen and oxygen atoms in total. The lowest BCUT2D eigenvalue weighted by molar-refractivity contribution is -0.138. The van der Waals surface area contributed by atoms with Crippen LogP contribution in [-0.2, 0) is 19.1 Å². The second kappa shape index (κ2) is 13.8. The fourth-order valence-corrected chi connectivity index (χ4v) is 5.55. The predicted octanol–water partition coefficient (Wildman–Crippen LogP) is 6.21. The molecule has 0 aliphatic carbocycles. The number of aliphatic carboxylic acids is 1. The molecule has 10 heteroatoms. The summed E-state index contributed by atoms with van der Waals surface area (Å²) in [4.78, 5) is 49.6. The fourth-order valence-electron chi connectivity index (χ4n) is 3.57. The molecule has 1 unspecified atom stereocenters. The van der Waals surface area contributed by atoms with Crippen LogP contribution in [0.1, 0.15) is 49.0 Å². The number of benzene rings is 2. The molecule has 0 saturated heterocycles. The van der Waals surface area contributed by atoms with E-state index in [1.54, 1.807) is 25.1 Å². The van der Waals surface area contributed by atoms with Crippen LogP contribution in [0.4, 0.5) is 10.7 Å². The highest BCUT2D eigenvalue weighted by Crippen LogP contribution is 2.37. The van der Waals surface area contributed by atoms with Crippen LogP contribution in [-0.4, -0.2) is 40.7 Å². The van der Waals surface area contributed by atoms with Crippen molar-refractivity contribution in [2.45, 2.75) is 50.2 Å². The maximum absolute atomic E-state index is 13.3. The van der Waals surface area contributed by atoms with E-state index in [1.165, 1.54) is 23.1 Å². The summed E-state index contributed by atoms with van der Waals surface area (Å²) in [6.45, 7) is 5.83. The number of carboxylic acid groups (broad SMARTS) is 1. The van der Waals surface area contributed by atoms with E-state index in [0.717, 1.165) is 16.0 Å². The second-order valence-electron chi connectivity index (χ2n) is 8.41. The first-order chi connectivity index (χ1) is 18.2. The number of aryl methyl sites for hydroxylation is 1. The summed E-state index contributed by atoms with van der Waals surface area (Å²) in [6.07, 6.45) is 0.151. The van der Waals surface area contributed by atoms with Gasteiger partial charge in [0, 0.05) is 27.9 Å². The van der Waals surface area contributed by atoms with E-state index < -0.39 is 23.1 Å². The molecular weight excluding hydrogens is 524 g/mol. The molecular formula is C28H30N2O6S2. The first-order valence-corrected chi connectivity index (χ1v) is 13.9. The Morgan fingerprint density at radius 1 is 1.03 bits per heavy atom. The van der Waals surface area contributed by atoms with Crippen molar-refractivity contribution in [3.05, 3.63) is 65.0 Å². The molecule has 1 atom stereocenters. The molecule has 0 bridgehead atoms. The summed E-state index contributed by atoms with van der Waals surface area (Å²) >= 11 is 2.61. The van der Waals surface area contributed by atoms with Gasteiger partial charge in [0.05, 0.1) is 18.3 Å². The Kier molecular flexibility index (Phi) is 10.5. The summed E-state index contributed by atoms with van der Waals surface area (Å²) in [7, 11) is 0. The number of carbonyl (C=O) groups excluding carboxylic acids is 3. The van der Waals surface area contributed by atoms with Gasteiger partial charge in [-0.2, -0.15) is 0 Å². The number of thioether (sulfide) groups is 1. The number of amides is 2. The van der Waals surface area contributed by atoms with E-state index >= 15 is 0 Å². The predicted molar refractivity (Wildman–Crippen MR) is 151 cm³/mol. The molecule has 200 valence electrons. The number of thiophene rings is 1. The Morgan fingerprint density at radius 3 is 2.42 bits per heavy atom. The average molecular weight is 555 g/mol. The molecule has 0 aliphatic heterocycles. The summed E-state index contributed by atoms with van der Waals surface area (Å²) in [5.41, 5.74) is 3.52. The van der Waals surface area contributed by atoms with Gasteiger partial charge < -0.3 is 20.5 Å². The van der Waals surface area contributed by atoms with Crippen molar-refractivity contribution >= 4 is 57.5 Å². The standard InChI is InChI=1S/C28H30N2O6S2/c1-4-22(38-20-8-6-7-19(15-20)29-23(31)13-14-24(32)33)26(34)30-27-25(28(35)36-5-2)21(16-37-27)18-11-9-17(3)10-12-18/h6-12,15-16,22H,4-5,13-14H2,1-3H3,(H,29,31)(H,30,34)(H,32,33). The molecule has 38 heavy (non-hydrogen) atoms. The van der Waals surface area contributed by atoms with Gasteiger partial charge in [0.15, 0.2) is 0 Å². The Labute approximate surface area is 229 Å². The molecule has 3 aromatic rings. The number of carbonyl (C=O) groups is 4. The normalized spacial score (nSPS) is 11.4. The Bertz CT molecular complexity index is 1300. The maximum atomic E-state index is 13.3. The van der Waals surface area contributed by atoms with Crippen molar-refractivity contribution in [2.75, 3.05) is 17.2 Å². The number of ether oxygens (including phenoxy) is 1. The summed E-state index contributed by atoms with van der Waals surface area (Å²) < 4.78 is 5.30. The highest BCUT2D eigenvalue weighted by Gasteiger charge is 2.25. The zero-order valence-electron chi connectivity index (χ0n) is 21.4. The minimum absolute atomic E-state index is 0.124. The van der Waals surface area contributed by atoms with Crippen LogP contribution in [0.15, 0.2) is 58.8 Å². The molecule has 0 saturated carbocycles. The smallest absolute Gasteiger partial charge is 0.341 e. The number of carboxylic acids is 1. The zero-order valence-corrected chi connectivity index (χ0v) is 23.0. The van der Waals surface area contributed by atoms with Gasteiger partial charge in [0.2, 0.25) is 11.8 Å². The quantitative estimate of drug-likeness (QED) is 0.180. The average Bonchev–Trinajstić information content (AvgIpc) is 3.30. The number of rotatable bonds is 12. The first-order valence-electron chi connectivity index (χ1n) is 12.2. The van der Waals surface area contributed by atoms with E-state index in [1.807, 2.05) is 49.6 Å². The summed E-state index contributed by atoms with van der Waals surface area (Å²) in [5.74, 6) is -2.18. The zero-order chi connectivity index (χ0) is 27.7.